The maximum absolute atomic E-state index is 12.5. The number of carboxylic acids is 1. The van der Waals surface area contributed by atoms with E-state index in [2.05, 4.69) is 5.32 Å². The van der Waals surface area contributed by atoms with Gasteiger partial charge in [0.05, 0.1) is 5.69 Å². The molecule has 1 aromatic heterocycles. The molecular weight excluding hydrogens is 304 g/mol. The molecule has 126 valence electrons. The summed E-state index contributed by atoms with van der Waals surface area (Å²) < 4.78 is 1.08. The van der Waals surface area contributed by atoms with Crippen molar-refractivity contribution < 1.29 is 24.6 Å². The van der Waals surface area contributed by atoms with E-state index >= 15 is 0 Å². The Labute approximate surface area is 132 Å². The molecule has 0 atom stereocenters. The van der Waals surface area contributed by atoms with Gasteiger partial charge in [0.2, 0.25) is 0 Å². The third kappa shape index (κ3) is 3.46. The first-order chi connectivity index (χ1) is 11.0. The van der Waals surface area contributed by atoms with Crippen LogP contribution < -0.4 is 15.7 Å². The van der Waals surface area contributed by atoms with Crippen LogP contribution in [0.3, 0.4) is 0 Å². The molecular formula is C15H20N2O6. The van der Waals surface area contributed by atoms with Gasteiger partial charge in [-0.3, -0.25) is 14.4 Å². The second kappa shape index (κ2) is 7.17. The van der Waals surface area contributed by atoms with Crippen LogP contribution in [0, 0.1) is 0 Å². The fourth-order valence-corrected chi connectivity index (χ4v) is 2.61. The lowest BCUT2D eigenvalue weighted by Crippen LogP contribution is -2.40. The van der Waals surface area contributed by atoms with E-state index in [1.165, 1.54) is 0 Å². The van der Waals surface area contributed by atoms with Crippen LogP contribution in [0.25, 0.3) is 0 Å². The van der Waals surface area contributed by atoms with Gasteiger partial charge in [-0.2, -0.15) is 0 Å². The number of nitrogens with one attached hydrogen (secondary N) is 1. The maximum Gasteiger partial charge on any atom is 0.322 e. The van der Waals surface area contributed by atoms with E-state index in [0.717, 1.165) is 17.6 Å². The van der Waals surface area contributed by atoms with Crippen molar-refractivity contribution in [2.45, 2.75) is 39.0 Å². The number of aromatic nitrogens is 1. The normalized spacial score (nSPS) is 13.3. The Bertz CT molecular complexity index is 680. The topological polar surface area (TPSA) is 118 Å². The van der Waals surface area contributed by atoms with Crippen LogP contribution >= 0.6 is 0 Å². The van der Waals surface area contributed by atoms with Gasteiger partial charge in [0.1, 0.15) is 24.5 Å². The second-order valence-electron chi connectivity index (χ2n) is 5.37. The number of aliphatic carboxylic acids is 1. The summed E-state index contributed by atoms with van der Waals surface area (Å²) in [5, 5.41) is 21.1. The second-order valence-corrected chi connectivity index (χ2v) is 5.37. The van der Waals surface area contributed by atoms with E-state index in [9.17, 15) is 19.5 Å². The Balaban J connectivity index is 2.51. The predicted molar refractivity (Wildman–Crippen MR) is 80.7 cm³/mol. The highest BCUT2D eigenvalue weighted by atomic mass is 16.7. The minimum absolute atomic E-state index is 0.299. The van der Waals surface area contributed by atoms with E-state index in [-0.39, 0.29) is 5.75 Å². The fraction of sp³-hybridized carbons (Fsp3) is 0.533. The summed E-state index contributed by atoms with van der Waals surface area (Å²) in [7, 11) is 0. The molecule has 0 aromatic carbocycles. The lowest BCUT2D eigenvalue weighted by atomic mass is 9.93. The highest BCUT2D eigenvalue weighted by molar-refractivity contribution is 5.98. The lowest BCUT2D eigenvalue weighted by molar-refractivity contribution is -0.135. The Hall–Kier alpha value is -2.51. The van der Waals surface area contributed by atoms with Crippen molar-refractivity contribution in [1.82, 2.24) is 10.0 Å². The van der Waals surface area contributed by atoms with Crippen molar-refractivity contribution in [2.75, 3.05) is 13.2 Å². The monoisotopic (exact) mass is 324 g/mol. The zero-order valence-electron chi connectivity index (χ0n) is 12.9. The molecule has 0 saturated carbocycles. The number of nitrogens with zero attached hydrogens (tertiary/aromatic N) is 1. The number of hydrogen-bond donors (Lipinski definition) is 3. The molecule has 8 heteroatoms. The first-order valence-electron chi connectivity index (χ1n) is 7.60. The minimum atomic E-state index is -1.24. The predicted octanol–water partition coefficient (Wildman–Crippen LogP) is 0.0857. The quantitative estimate of drug-likeness (QED) is 0.682. The summed E-state index contributed by atoms with van der Waals surface area (Å²) in [5.74, 6) is -2.53. The standard InChI is InChI=1S/C15H20N2O6/c1-2-7-23-17-10-6-4-3-5-9(10)13(20)12(15(17)22)14(21)16-8-11(18)19/h20H,2-8H2,1H3,(H,16,21)(H,18,19). The summed E-state index contributed by atoms with van der Waals surface area (Å²) in [6.07, 6.45) is 3.51. The van der Waals surface area contributed by atoms with Gasteiger partial charge in [-0.15, -0.1) is 4.73 Å². The van der Waals surface area contributed by atoms with Gasteiger partial charge in [-0.1, -0.05) is 6.92 Å². The number of carbonyl (C=O) groups is 2. The summed E-state index contributed by atoms with van der Waals surface area (Å²) in [6, 6.07) is 0. The molecule has 0 spiro atoms. The van der Waals surface area contributed by atoms with Crippen molar-refractivity contribution in [3.63, 3.8) is 0 Å². The van der Waals surface area contributed by atoms with E-state index in [1.807, 2.05) is 6.92 Å². The van der Waals surface area contributed by atoms with Gasteiger partial charge < -0.3 is 20.4 Å². The molecule has 0 radical (unpaired) electrons. The number of aromatic hydroxyl groups is 1. The summed E-state index contributed by atoms with van der Waals surface area (Å²) in [6.45, 7) is 1.55. The average molecular weight is 324 g/mol. The van der Waals surface area contributed by atoms with Gasteiger partial charge in [0, 0.05) is 5.56 Å². The number of fused-ring (bicyclic) bond motifs is 1. The Morgan fingerprint density at radius 3 is 2.65 bits per heavy atom. The molecule has 1 amide bonds. The number of rotatable bonds is 6. The average Bonchev–Trinajstić information content (AvgIpc) is 2.53. The third-order valence-electron chi connectivity index (χ3n) is 3.66. The molecule has 8 nitrogen and oxygen atoms in total. The van der Waals surface area contributed by atoms with Crippen molar-refractivity contribution in [2.24, 2.45) is 0 Å². The van der Waals surface area contributed by atoms with Crippen LogP contribution in [0.5, 0.6) is 5.75 Å². The van der Waals surface area contributed by atoms with Crippen molar-refractivity contribution >= 4 is 11.9 Å². The first kappa shape index (κ1) is 16.9. The van der Waals surface area contributed by atoms with Gasteiger partial charge in [0.15, 0.2) is 0 Å². The third-order valence-corrected chi connectivity index (χ3v) is 3.66. The number of carbonyl (C=O) groups excluding carboxylic acids is 1. The lowest BCUT2D eigenvalue weighted by Gasteiger charge is -2.23. The SMILES string of the molecule is CCCOn1c2c(c(O)c(C(=O)NCC(=O)O)c1=O)CCCC2. The van der Waals surface area contributed by atoms with Crippen LogP contribution in [0.15, 0.2) is 4.79 Å². The highest BCUT2D eigenvalue weighted by Gasteiger charge is 2.28. The number of carboxylic acid groups (broad SMARTS) is 1. The molecule has 0 saturated heterocycles. The Morgan fingerprint density at radius 2 is 2.00 bits per heavy atom. The summed E-state index contributed by atoms with van der Waals surface area (Å²) in [4.78, 5) is 40.6. The van der Waals surface area contributed by atoms with Gasteiger partial charge >= 0.3 is 5.97 Å². The van der Waals surface area contributed by atoms with Gasteiger partial charge in [-0.05, 0) is 32.1 Å². The molecule has 1 aliphatic rings. The number of pyridine rings is 1. The molecule has 2 rings (SSSR count). The van der Waals surface area contributed by atoms with Crippen molar-refractivity contribution in [1.29, 1.82) is 0 Å². The van der Waals surface area contributed by atoms with Crippen LogP contribution in [0.1, 0.15) is 47.8 Å². The van der Waals surface area contributed by atoms with E-state index in [1.54, 1.807) is 0 Å². The highest BCUT2D eigenvalue weighted by Crippen LogP contribution is 2.29. The first-order valence-corrected chi connectivity index (χ1v) is 7.60. The van der Waals surface area contributed by atoms with Crippen LogP contribution in [0.4, 0.5) is 0 Å². The molecule has 23 heavy (non-hydrogen) atoms. The van der Waals surface area contributed by atoms with Crippen LogP contribution in [0.2, 0.25) is 0 Å². The Kier molecular flexibility index (Phi) is 5.25. The molecule has 0 fully saturated rings. The Morgan fingerprint density at radius 1 is 1.30 bits per heavy atom. The van der Waals surface area contributed by atoms with Crippen molar-refractivity contribution in [3.05, 3.63) is 27.2 Å². The van der Waals surface area contributed by atoms with Gasteiger partial charge in [0.25, 0.3) is 11.5 Å². The number of amides is 1. The summed E-state index contributed by atoms with van der Waals surface area (Å²) >= 11 is 0. The summed E-state index contributed by atoms with van der Waals surface area (Å²) in [5.41, 5.74) is -0.128. The smallest absolute Gasteiger partial charge is 0.322 e. The molecule has 1 aromatic rings. The van der Waals surface area contributed by atoms with E-state index in [4.69, 9.17) is 9.94 Å². The van der Waals surface area contributed by atoms with Crippen molar-refractivity contribution in [3.8, 4) is 5.75 Å². The molecule has 1 aliphatic carbocycles. The molecule has 3 N–H and O–H groups in total. The molecule has 0 unspecified atom stereocenters. The maximum atomic E-state index is 12.5. The van der Waals surface area contributed by atoms with Gasteiger partial charge in [-0.25, -0.2) is 0 Å². The minimum Gasteiger partial charge on any atom is -0.507 e. The van der Waals surface area contributed by atoms with Crippen LogP contribution in [-0.4, -0.2) is 40.0 Å². The zero-order chi connectivity index (χ0) is 17.0. The van der Waals surface area contributed by atoms with Crippen LogP contribution in [-0.2, 0) is 17.6 Å². The zero-order valence-corrected chi connectivity index (χ0v) is 12.9. The molecule has 0 bridgehead atoms. The van der Waals surface area contributed by atoms with E-state index in [0.29, 0.717) is 37.1 Å². The largest absolute Gasteiger partial charge is 0.507 e. The number of hydrogen-bond acceptors (Lipinski definition) is 5. The molecule has 0 aliphatic heterocycles. The fourth-order valence-electron chi connectivity index (χ4n) is 2.61. The molecule has 1 heterocycles. The van der Waals surface area contributed by atoms with E-state index < -0.39 is 29.5 Å².